The first kappa shape index (κ1) is 14.8. The Morgan fingerprint density at radius 2 is 2.24 bits per heavy atom. The van der Waals surface area contributed by atoms with Gasteiger partial charge in [-0.15, -0.1) is 0 Å². The number of carbonyl (C=O) groups is 1. The van der Waals surface area contributed by atoms with Gasteiger partial charge in [0.1, 0.15) is 0 Å². The van der Waals surface area contributed by atoms with Gasteiger partial charge in [0, 0.05) is 18.3 Å². The van der Waals surface area contributed by atoms with Crippen molar-refractivity contribution in [3.8, 4) is 0 Å². The van der Waals surface area contributed by atoms with Crippen molar-refractivity contribution < 1.29 is 4.79 Å². The molecule has 1 aliphatic heterocycles. The maximum Gasteiger partial charge on any atom is 0.224 e. The van der Waals surface area contributed by atoms with Crippen LogP contribution in [0.15, 0.2) is 0 Å². The molecule has 100 valence electrons. The van der Waals surface area contributed by atoms with Gasteiger partial charge in [-0.25, -0.2) is 0 Å². The average Bonchev–Trinajstić information content (AvgIpc) is 2.74. The molecule has 0 aromatic heterocycles. The summed E-state index contributed by atoms with van der Waals surface area (Å²) in [6, 6.07) is 0. The fraction of sp³-hybridized carbons (Fsp3) is 0.923. The van der Waals surface area contributed by atoms with Crippen LogP contribution in [0.4, 0.5) is 0 Å². The lowest BCUT2D eigenvalue weighted by molar-refractivity contribution is -0.125. The predicted molar refractivity (Wildman–Crippen MR) is 75.1 cm³/mol. The Balaban J connectivity index is 2.32. The number of rotatable bonds is 5. The summed E-state index contributed by atoms with van der Waals surface area (Å²) < 4.78 is 0. The van der Waals surface area contributed by atoms with E-state index in [0.29, 0.717) is 11.8 Å². The van der Waals surface area contributed by atoms with Gasteiger partial charge in [-0.1, -0.05) is 20.8 Å². The molecule has 2 atom stereocenters. The van der Waals surface area contributed by atoms with Crippen molar-refractivity contribution in [2.75, 3.05) is 18.8 Å². The van der Waals surface area contributed by atoms with Crippen molar-refractivity contribution in [2.24, 2.45) is 17.1 Å². The van der Waals surface area contributed by atoms with Gasteiger partial charge in [0.25, 0.3) is 0 Å². The van der Waals surface area contributed by atoms with Crippen LogP contribution in [0.1, 0.15) is 40.0 Å². The first-order valence-electron chi connectivity index (χ1n) is 6.52. The number of hydrogen-bond donors (Lipinski definition) is 2. The molecule has 0 radical (unpaired) electrons. The molecule has 2 unspecified atom stereocenters. The Hall–Kier alpha value is -0.220. The predicted octanol–water partition coefficient (Wildman–Crippen LogP) is 2.01. The quantitative estimate of drug-likeness (QED) is 0.793. The Morgan fingerprint density at radius 3 is 2.71 bits per heavy atom. The van der Waals surface area contributed by atoms with E-state index in [-0.39, 0.29) is 17.2 Å². The molecule has 0 aromatic carbocycles. The van der Waals surface area contributed by atoms with Gasteiger partial charge in [0.15, 0.2) is 0 Å². The molecule has 0 aliphatic carbocycles. The third kappa shape index (κ3) is 5.77. The Labute approximate surface area is 109 Å². The topological polar surface area (TPSA) is 55.1 Å². The van der Waals surface area contributed by atoms with Crippen LogP contribution in [-0.4, -0.2) is 30.0 Å². The number of carbonyl (C=O) groups excluding carboxylic acids is 1. The second kappa shape index (κ2) is 6.64. The summed E-state index contributed by atoms with van der Waals surface area (Å²) in [6.45, 7) is 7.70. The molecule has 3 nitrogen and oxygen atoms in total. The summed E-state index contributed by atoms with van der Waals surface area (Å²) >= 11 is 1.97. The SMILES string of the molecule is CC(C)(C)CC(CN)C(=O)NCC1CCCS1. The highest BCUT2D eigenvalue weighted by Crippen LogP contribution is 2.26. The van der Waals surface area contributed by atoms with Crippen molar-refractivity contribution in [3.05, 3.63) is 0 Å². The van der Waals surface area contributed by atoms with E-state index >= 15 is 0 Å². The Bertz CT molecular complexity index is 244. The van der Waals surface area contributed by atoms with Crippen LogP contribution in [0.2, 0.25) is 0 Å². The highest BCUT2D eigenvalue weighted by Gasteiger charge is 2.24. The maximum absolute atomic E-state index is 12.0. The lowest BCUT2D eigenvalue weighted by atomic mass is 9.84. The fourth-order valence-electron chi connectivity index (χ4n) is 2.19. The van der Waals surface area contributed by atoms with E-state index in [9.17, 15) is 4.79 Å². The standard InChI is InChI=1S/C13H26N2OS/c1-13(2,3)7-10(8-14)12(16)15-9-11-5-4-6-17-11/h10-11H,4-9,14H2,1-3H3,(H,15,16). The molecule has 0 aromatic rings. The molecule has 0 saturated carbocycles. The van der Waals surface area contributed by atoms with Crippen LogP contribution in [0.3, 0.4) is 0 Å². The molecule has 0 bridgehead atoms. The van der Waals surface area contributed by atoms with E-state index in [1.807, 2.05) is 11.8 Å². The fourth-order valence-corrected chi connectivity index (χ4v) is 3.39. The zero-order valence-corrected chi connectivity index (χ0v) is 12.1. The van der Waals surface area contributed by atoms with E-state index in [1.54, 1.807) is 0 Å². The van der Waals surface area contributed by atoms with Crippen LogP contribution in [-0.2, 0) is 4.79 Å². The first-order chi connectivity index (χ1) is 7.92. The minimum absolute atomic E-state index is 0.0404. The largest absolute Gasteiger partial charge is 0.355 e. The molecule has 1 amide bonds. The van der Waals surface area contributed by atoms with Gasteiger partial charge in [0.2, 0.25) is 5.91 Å². The Kier molecular flexibility index (Phi) is 5.80. The Morgan fingerprint density at radius 1 is 1.53 bits per heavy atom. The molecule has 1 fully saturated rings. The summed E-state index contributed by atoms with van der Waals surface area (Å²) in [5.41, 5.74) is 5.85. The molecule has 4 heteroatoms. The monoisotopic (exact) mass is 258 g/mol. The minimum atomic E-state index is -0.0404. The van der Waals surface area contributed by atoms with Crippen molar-refractivity contribution >= 4 is 17.7 Å². The van der Waals surface area contributed by atoms with Crippen molar-refractivity contribution in [1.82, 2.24) is 5.32 Å². The van der Waals surface area contributed by atoms with Gasteiger partial charge in [-0.3, -0.25) is 4.79 Å². The second-order valence-electron chi connectivity index (χ2n) is 6.08. The summed E-state index contributed by atoms with van der Waals surface area (Å²) in [7, 11) is 0. The molecule has 1 saturated heterocycles. The molecular weight excluding hydrogens is 232 g/mol. The van der Waals surface area contributed by atoms with Crippen LogP contribution in [0, 0.1) is 11.3 Å². The number of thioether (sulfide) groups is 1. The molecule has 1 rings (SSSR count). The van der Waals surface area contributed by atoms with Crippen molar-refractivity contribution in [2.45, 2.75) is 45.3 Å². The lowest BCUT2D eigenvalue weighted by Gasteiger charge is -2.24. The highest BCUT2D eigenvalue weighted by atomic mass is 32.2. The van der Waals surface area contributed by atoms with Crippen LogP contribution >= 0.6 is 11.8 Å². The molecule has 1 heterocycles. The van der Waals surface area contributed by atoms with Gasteiger partial charge in [-0.05, 0) is 30.4 Å². The zero-order valence-electron chi connectivity index (χ0n) is 11.3. The molecule has 17 heavy (non-hydrogen) atoms. The number of amides is 1. The van der Waals surface area contributed by atoms with Crippen LogP contribution in [0.25, 0.3) is 0 Å². The summed E-state index contributed by atoms with van der Waals surface area (Å²) in [5.74, 6) is 1.33. The molecule has 3 N–H and O–H groups in total. The van der Waals surface area contributed by atoms with Crippen molar-refractivity contribution in [3.63, 3.8) is 0 Å². The highest BCUT2D eigenvalue weighted by molar-refractivity contribution is 8.00. The van der Waals surface area contributed by atoms with E-state index in [0.717, 1.165) is 13.0 Å². The summed E-state index contributed by atoms with van der Waals surface area (Å²) in [4.78, 5) is 12.0. The van der Waals surface area contributed by atoms with Crippen molar-refractivity contribution in [1.29, 1.82) is 0 Å². The number of hydrogen-bond acceptors (Lipinski definition) is 3. The molecule has 1 aliphatic rings. The third-order valence-corrected chi connectivity index (χ3v) is 4.44. The van der Waals surface area contributed by atoms with Gasteiger partial charge >= 0.3 is 0 Å². The van der Waals surface area contributed by atoms with Gasteiger partial charge in [-0.2, -0.15) is 11.8 Å². The van der Waals surface area contributed by atoms with E-state index in [4.69, 9.17) is 5.73 Å². The smallest absolute Gasteiger partial charge is 0.224 e. The normalized spacial score (nSPS) is 22.5. The lowest BCUT2D eigenvalue weighted by Crippen LogP contribution is -2.39. The summed E-state index contributed by atoms with van der Waals surface area (Å²) in [6.07, 6.45) is 3.37. The second-order valence-corrected chi connectivity index (χ2v) is 7.49. The van der Waals surface area contributed by atoms with Crippen LogP contribution in [0.5, 0.6) is 0 Å². The first-order valence-corrected chi connectivity index (χ1v) is 7.56. The van der Waals surface area contributed by atoms with Gasteiger partial charge in [0.05, 0.1) is 5.92 Å². The van der Waals surface area contributed by atoms with Crippen LogP contribution < -0.4 is 11.1 Å². The third-order valence-electron chi connectivity index (χ3n) is 3.04. The molecule has 0 spiro atoms. The van der Waals surface area contributed by atoms with Gasteiger partial charge < -0.3 is 11.1 Å². The van der Waals surface area contributed by atoms with E-state index < -0.39 is 0 Å². The minimum Gasteiger partial charge on any atom is -0.355 e. The number of nitrogens with two attached hydrogens (primary N) is 1. The molecular formula is C13H26N2OS. The zero-order chi connectivity index (χ0) is 12.9. The number of nitrogens with one attached hydrogen (secondary N) is 1. The summed E-state index contributed by atoms with van der Waals surface area (Å²) in [5, 5.41) is 3.68. The van der Waals surface area contributed by atoms with E-state index in [1.165, 1.54) is 18.6 Å². The maximum atomic E-state index is 12.0. The average molecular weight is 258 g/mol. The van der Waals surface area contributed by atoms with E-state index in [2.05, 4.69) is 26.1 Å².